The van der Waals surface area contributed by atoms with Crippen LogP contribution in [0.3, 0.4) is 0 Å². The van der Waals surface area contributed by atoms with Crippen LogP contribution in [-0.4, -0.2) is 17.5 Å². The van der Waals surface area contributed by atoms with Gasteiger partial charge in [-0.3, -0.25) is 0 Å². The van der Waals surface area contributed by atoms with Crippen molar-refractivity contribution in [1.29, 1.82) is 0 Å². The summed E-state index contributed by atoms with van der Waals surface area (Å²) in [5.41, 5.74) is 1.25. The van der Waals surface area contributed by atoms with E-state index in [1.807, 2.05) is 0 Å². The van der Waals surface area contributed by atoms with E-state index in [9.17, 15) is 17.5 Å². The lowest BCUT2D eigenvalue weighted by atomic mass is 10.0. The molecule has 0 aliphatic carbocycles. The van der Waals surface area contributed by atoms with Gasteiger partial charge in [0.25, 0.3) is 0 Å². The summed E-state index contributed by atoms with van der Waals surface area (Å²) < 4.78 is 42.9. The quantitative estimate of drug-likeness (QED) is 0.570. The zero-order valence-electron chi connectivity index (χ0n) is 13.4. The molecule has 0 fully saturated rings. The van der Waals surface area contributed by atoms with Crippen LogP contribution in [0.25, 0.3) is 0 Å². The van der Waals surface area contributed by atoms with E-state index in [1.165, 1.54) is 24.3 Å². The highest BCUT2D eigenvalue weighted by molar-refractivity contribution is 8.30. The molecule has 10 heteroatoms. The molecule has 0 bridgehead atoms. The molecule has 0 amide bonds. The van der Waals surface area contributed by atoms with Crippen LogP contribution in [0.2, 0.25) is 10.0 Å². The maximum atomic E-state index is 11.8. The molecule has 0 saturated carbocycles. The van der Waals surface area contributed by atoms with Crippen LogP contribution in [0.4, 0.5) is 0 Å². The highest BCUT2D eigenvalue weighted by atomic mass is 35.5. The second-order valence-corrected chi connectivity index (χ2v) is 12.0. The molecule has 2 atom stereocenters. The van der Waals surface area contributed by atoms with E-state index in [2.05, 4.69) is 22.4 Å². The fraction of sp³-hybridized carbons (Fsp3) is 0.250. The first-order valence-electron chi connectivity index (χ1n) is 7.50. The predicted molar refractivity (Wildman–Crippen MR) is 112 cm³/mol. The van der Waals surface area contributed by atoms with E-state index >= 15 is 0 Å². The van der Waals surface area contributed by atoms with Gasteiger partial charge in [0.1, 0.15) is 0 Å². The van der Waals surface area contributed by atoms with Gasteiger partial charge in [0.05, 0.1) is 9.79 Å². The molecule has 142 valence electrons. The molecule has 0 radical (unpaired) electrons. The van der Waals surface area contributed by atoms with Crippen molar-refractivity contribution in [2.24, 2.45) is 0 Å². The van der Waals surface area contributed by atoms with E-state index in [0.717, 1.165) is 0 Å². The molecule has 26 heavy (non-hydrogen) atoms. The zero-order chi connectivity index (χ0) is 19.5. The van der Waals surface area contributed by atoms with Crippen molar-refractivity contribution < 1.29 is 17.5 Å². The lowest BCUT2D eigenvalue weighted by Crippen LogP contribution is -2.04. The van der Waals surface area contributed by atoms with Gasteiger partial charge >= 0.3 is 0 Å². The minimum atomic E-state index is -3.50. The zero-order valence-corrected chi connectivity index (χ0v) is 18.2. The van der Waals surface area contributed by atoms with Gasteiger partial charge in [0.2, 0.25) is 0 Å². The van der Waals surface area contributed by atoms with E-state index < -0.39 is 17.5 Å². The Morgan fingerprint density at radius 1 is 0.769 bits per heavy atom. The van der Waals surface area contributed by atoms with Crippen LogP contribution < -0.4 is 0 Å². The summed E-state index contributed by atoms with van der Waals surface area (Å²) in [4.78, 5) is 0.397. The summed E-state index contributed by atoms with van der Waals surface area (Å²) in [6, 6.07) is 9.27. The maximum Gasteiger partial charge on any atom is 0.171 e. The van der Waals surface area contributed by atoms with E-state index in [-0.39, 0.29) is 9.79 Å². The predicted octanol–water partition coefficient (Wildman–Crippen LogP) is 4.72. The molecule has 2 aromatic carbocycles. The second-order valence-electron chi connectivity index (χ2n) is 5.66. The average molecular weight is 471 g/mol. The van der Waals surface area contributed by atoms with Crippen LogP contribution >= 0.6 is 23.2 Å². The number of hydrogen-bond acceptors (Lipinski definition) is 4. The Hall–Kier alpha value is -0.320. The third kappa shape index (κ3) is 6.10. The fourth-order valence-corrected chi connectivity index (χ4v) is 5.45. The smallest absolute Gasteiger partial charge is 0.171 e. The molecular formula is C16H16Cl2O4S4. The van der Waals surface area contributed by atoms with E-state index in [4.69, 9.17) is 23.2 Å². The first-order valence-corrected chi connectivity index (χ1v) is 13.1. The van der Waals surface area contributed by atoms with Gasteiger partial charge < -0.3 is 9.11 Å². The summed E-state index contributed by atoms with van der Waals surface area (Å²) >= 11 is 21.3. The lowest BCUT2D eigenvalue weighted by molar-refractivity contribution is 0.557. The number of aryl methyl sites for hydroxylation is 2. The molecule has 0 saturated heterocycles. The number of halogens is 2. The highest BCUT2D eigenvalue weighted by Gasteiger charge is 2.14. The molecule has 0 aromatic heterocycles. The van der Waals surface area contributed by atoms with Gasteiger partial charge in [-0.05, 0) is 73.2 Å². The van der Waals surface area contributed by atoms with E-state index in [0.29, 0.717) is 46.9 Å². The van der Waals surface area contributed by atoms with Crippen molar-refractivity contribution >= 4 is 63.1 Å². The lowest BCUT2D eigenvalue weighted by Gasteiger charge is -2.11. The summed E-state index contributed by atoms with van der Waals surface area (Å²) in [6.45, 7) is 0. The Labute approximate surface area is 172 Å². The van der Waals surface area contributed by atoms with Gasteiger partial charge in [0, 0.05) is 32.4 Å². The minimum Gasteiger partial charge on any atom is -0.302 e. The van der Waals surface area contributed by atoms with E-state index in [1.54, 1.807) is 12.1 Å². The van der Waals surface area contributed by atoms with Gasteiger partial charge in [-0.2, -0.15) is 0 Å². The van der Waals surface area contributed by atoms with Crippen molar-refractivity contribution in [3.63, 3.8) is 0 Å². The maximum absolute atomic E-state index is 11.8. The third-order valence-electron chi connectivity index (χ3n) is 3.74. The number of rotatable bonds is 7. The average Bonchev–Trinajstić information content (AvgIpc) is 2.49. The molecule has 2 unspecified atom stereocenters. The summed E-state index contributed by atoms with van der Waals surface area (Å²) in [6.07, 6.45) is 2.33. The second kappa shape index (κ2) is 8.79. The molecule has 4 nitrogen and oxygen atoms in total. The Balaban J connectivity index is 2.12. The van der Waals surface area contributed by atoms with Crippen molar-refractivity contribution in [2.75, 3.05) is 0 Å². The summed E-state index contributed by atoms with van der Waals surface area (Å²) in [5, 5.41) is 0.927. The van der Waals surface area contributed by atoms with Crippen LogP contribution in [-0.2, 0) is 52.8 Å². The molecule has 2 rings (SSSR count). The van der Waals surface area contributed by atoms with Crippen molar-refractivity contribution in [3.8, 4) is 0 Å². The highest BCUT2D eigenvalue weighted by Crippen LogP contribution is 2.25. The van der Waals surface area contributed by atoms with Crippen molar-refractivity contribution in [1.82, 2.24) is 0 Å². The molecule has 0 aliphatic rings. The van der Waals surface area contributed by atoms with Crippen LogP contribution in [0, 0.1) is 0 Å². The Morgan fingerprint density at radius 2 is 1.12 bits per heavy atom. The number of hydrogen-bond donors (Lipinski definition) is 2. The standard InChI is InChI=1S/C16H16Cl2O4S4/c17-13-5-7-15(25(19,20)23)11(9-13)3-1-2-4-12-10-14(18)6-8-16(12)26(21,22)24/h5-10H,1-4H2,(H,19,20,23)(H,21,22,24). The Morgan fingerprint density at radius 3 is 1.42 bits per heavy atom. The van der Waals surface area contributed by atoms with Crippen LogP contribution in [0.5, 0.6) is 0 Å². The first-order chi connectivity index (χ1) is 12.0. The Kier molecular flexibility index (Phi) is 7.43. The van der Waals surface area contributed by atoms with Crippen LogP contribution in [0.1, 0.15) is 24.0 Å². The largest absolute Gasteiger partial charge is 0.302 e. The van der Waals surface area contributed by atoms with Gasteiger partial charge in [0.15, 0.2) is 17.5 Å². The third-order valence-corrected chi connectivity index (χ3v) is 7.20. The first kappa shape index (κ1) is 22.0. The van der Waals surface area contributed by atoms with Gasteiger partial charge in [-0.25, -0.2) is 8.42 Å². The fourth-order valence-electron chi connectivity index (χ4n) is 2.62. The van der Waals surface area contributed by atoms with Crippen molar-refractivity contribution in [2.45, 2.75) is 35.5 Å². The summed E-state index contributed by atoms with van der Waals surface area (Å²) in [5.74, 6) is 0. The molecular weight excluding hydrogens is 455 g/mol. The topological polar surface area (TPSA) is 74.6 Å². The summed E-state index contributed by atoms with van der Waals surface area (Å²) in [7, 11) is -7.00. The van der Waals surface area contributed by atoms with Crippen LogP contribution in [0.15, 0.2) is 46.2 Å². The Bertz CT molecular complexity index is 935. The minimum absolute atomic E-state index is 0.198. The molecule has 2 aromatic rings. The van der Waals surface area contributed by atoms with Gasteiger partial charge in [-0.15, -0.1) is 0 Å². The normalized spacial score (nSPS) is 16.0. The number of unbranched alkanes of at least 4 members (excludes halogenated alkanes) is 1. The molecule has 2 N–H and O–H groups in total. The van der Waals surface area contributed by atoms with Gasteiger partial charge in [-0.1, -0.05) is 23.2 Å². The molecule has 0 spiro atoms. The molecule has 0 heterocycles. The SMILES string of the molecule is O=S(O)(=S)c1ccc(Cl)cc1CCCCc1cc(Cl)ccc1S(=O)(O)=S. The molecule has 0 aliphatic heterocycles. The monoisotopic (exact) mass is 470 g/mol. The number of benzene rings is 2. The van der Waals surface area contributed by atoms with Crippen molar-refractivity contribution in [3.05, 3.63) is 57.6 Å².